The Hall–Kier alpha value is -3.27. The van der Waals surface area contributed by atoms with E-state index in [0.29, 0.717) is 0 Å². The molecule has 2 heterocycles. The van der Waals surface area contributed by atoms with Crippen LogP contribution < -0.4 is 16.0 Å². The molecule has 1 atom stereocenters. The number of anilines is 2. The van der Waals surface area contributed by atoms with Crippen LogP contribution in [-0.4, -0.2) is 11.9 Å². The van der Waals surface area contributed by atoms with Crippen molar-refractivity contribution in [1.82, 2.24) is 5.32 Å². The molecule has 3 amide bonds. The number of urea groups is 1. The number of hydrogen-bond donors (Lipinski definition) is 3. The Kier molecular flexibility index (Phi) is 6.73. The third-order valence-corrected chi connectivity index (χ3v) is 6.54. The molecule has 0 radical (unpaired) electrons. The van der Waals surface area contributed by atoms with Crippen molar-refractivity contribution in [1.29, 1.82) is 0 Å². The molecule has 1 aliphatic rings. The fraction of sp³-hybridized carbons (Fsp3) is 0.304. The predicted octanol–water partition coefficient (Wildman–Crippen LogP) is 6.67. The van der Waals surface area contributed by atoms with Gasteiger partial charge in [-0.15, -0.1) is 11.3 Å². The molecule has 1 saturated carbocycles. The lowest BCUT2D eigenvalue weighted by Gasteiger charge is -2.24. The van der Waals surface area contributed by atoms with Crippen molar-refractivity contribution in [2.75, 3.05) is 10.6 Å². The maximum absolute atomic E-state index is 13.7. The molecule has 1 fully saturated rings. The minimum atomic E-state index is -4.74. The highest BCUT2D eigenvalue weighted by atomic mass is 32.1. The zero-order valence-electron chi connectivity index (χ0n) is 17.4. The molecule has 3 N–H and O–H groups in total. The average Bonchev–Trinajstić information content (AvgIpc) is 3.56. The standard InChI is InChI=1S/C23H22F3N3O3S/c24-23(25,26)16-13-15(27-21(30)18-7-3-11-32-18)9-10-17(16)28-22(31)29-20(14-5-1-2-6-14)19-8-4-12-33-19/h3-4,7-14,20H,1-2,5-6H2,(H,27,30)(H2,28,29,31). The topological polar surface area (TPSA) is 83.4 Å². The summed E-state index contributed by atoms with van der Waals surface area (Å²) < 4.78 is 46.1. The molecule has 6 nitrogen and oxygen atoms in total. The van der Waals surface area contributed by atoms with Crippen molar-refractivity contribution in [3.8, 4) is 0 Å². The zero-order chi connectivity index (χ0) is 23.4. The summed E-state index contributed by atoms with van der Waals surface area (Å²) in [6.45, 7) is 0. The number of thiophene rings is 1. The number of amides is 3. The van der Waals surface area contributed by atoms with E-state index in [2.05, 4.69) is 16.0 Å². The Balaban J connectivity index is 1.51. The maximum Gasteiger partial charge on any atom is 0.418 e. The van der Waals surface area contributed by atoms with Gasteiger partial charge in [0, 0.05) is 10.6 Å². The number of nitrogens with one attached hydrogen (secondary N) is 3. The van der Waals surface area contributed by atoms with Crippen LogP contribution in [-0.2, 0) is 6.18 Å². The Labute approximate surface area is 192 Å². The number of benzene rings is 1. The van der Waals surface area contributed by atoms with E-state index < -0.39 is 29.4 Å². The zero-order valence-corrected chi connectivity index (χ0v) is 18.3. The van der Waals surface area contributed by atoms with Gasteiger partial charge in [-0.3, -0.25) is 4.79 Å². The van der Waals surface area contributed by atoms with E-state index in [9.17, 15) is 22.8 Å². The number of furan rings is 1. The fourth-order valence-electron chi connectivity index (χ4n) is 4.05. The Morgan fingerprint density at radius 2 is 1.85 bits per heavy atom. The van der Waals surface area contributed by atoms with Crippen LogP contribution in [0.5, 0.6) is 0 Å². The summed E-state index contributed by atoms with van der Waals surface area (Å²) in [6.07, 6.45) is 0.600. The largest absolute Gasteiger partial charge is 0.459 e. The highest BCUT2D eigenvalue weighted by molar-refractivity contribution is 7.10. The smallest absolute Gasteiger partial charge is 0.418 e. The third kappa shape index (κ3) is 5.57. The lowest BCUT2D eigenvalue weighted by atomic mass is 9.97. The first-order valence-corrected chi connectivity index (χ1v) is 11.4. The summed E-state index contributed by atoms with van der Waals surface area (Å²) in [4.78, 5) is 25.8. The number of rotatable bonds is 6. The van der Waals surface area contributed by atoms with Crippen molar-refractivity contribution in [2.24, 2.45) is 5.92 Å². The van der Waals surface area contributed by atoms with Crippen LogP contribution in [0, 0.1) is 5.92 Å². The van der Waals surface area contributed by atoms with E-state index in [4.69, 9.17) is 4.42 Å². The van der Waals surface area contributed by atoms with E-state index in [1.807, 2.05) is 17.5 Å². The van der Waals surface area contributed by atoms with Gasteiger partial charge in [0.2, 0.25) is 0 Å². The van der Waals surface area contributed by atoms with Gasteiger partial charge in [-0.05, 0) is 60.5 Å². The minimum absolute atomic E-state index is 0.0309. The lowest BCUT2D eigenvalue weighted by Crippen LogP contribution is -2.36. The summed E-state index contributed by atoms with van der Waals surface area (Å²) in [5.74, 6) is -0.464. The minimum Gasteiger partial charge on any atom is -0.459 e. The Morgan fingerprint density at radius 3 is 2.48 bits per heavy atom. The number of alkyl halides is 3. The normalized spacial score (nSPS) is 15.2. The second kappa shape index (κ2) is 9.70. The second-order valence-corrected chi connectivity index (χ2v) is 8.80. The van der Waals surface area contributed by atoms with Crippen LogP contribution >= 0.6 is 11.3 Å². The summed E-state index contributed by atoms with van der Waals surface area (Å²) in [7, 11) is 0. The first-order valence-electron chi connectivity index (χ1n) is 10.5. The molecule has 0 aliphatic heterocycles. The molecule has 174 valence electrons. The van der Waals surface area contributed by atoms with Gasteiger partial charge in [0.1, 0.15) is 0 Å². The number of carbonyl (C=O) groups excluding carboxylic acids is 2. The van der Waals surface area contributed by atoms with Gasteiger partial charge in [-0.25, -0.2) is 4.79 Å². The molecule has 0 saturated heterocycles. The van der Waals surface area contributed by atoms with Crippen LogP contribution in [0.3, 0.4) is 0 Å². The van der Waals surface area contributed by atoms with Crippen LogP contribution in [0.1, 0.15) is 52.7 Å². The Bertz CT molecular complexity index is 1090. The van der Waals surface area contributed by atoms with Crippen LogP contribution in [0.4, 0.5) is 29.3 Å². The Morgan fingerprint density at radius 1 is 1.06 bits per heavy atom. The molecule has 4 rings (SSSR count). The molecule has 10 heteroatoms. The molecule has 1 aliphatic carbocycles. The highest BCUT2D eigenvalue weighted by Gasteiger charge is 2.35. The number of carbonyl (C=O) groups is 2. The van der Waals surface area contributed by atoms with Gasteiger partial charge in [-0.1, -0.05) is 18.9 Å². The molecule has 1 unspecified atom stereocenters. The number of hydrogen-bond acceptors (Lipinski definition) is 4. The van der Waals surface area contributed by atoms with Crippen LogP contribution in [0.25, 0.3) is 0 Å². The quantitative estimate of drug-likeness (QED) is 0.371. The molecule has 0 spiro atoms. The van der Waals surface area contributed by atoms with E-state index in [0.717, 1.165) is 42.7 Å². The summed E-state index contributed by atoms with van der Waals surface area (Å²) in [5, 5.41) is 9.49. The fourth-order valence-corrected chi connectivity index (χ4v) is 4.92. The van der Waals surface area contributed by atoms with E-state index in [1.54, 1.807) is 0 Å². The molecular formula is C23H22F3N3O3S. The van der Waals surface area contributed by atoms with Gasteiger partial charge < -0.3 is 20.4 Å². The van der Waals surface area contributed by atoms with Gasteiger partial charge in [-0.2, -0.15) is 13.2 Å². The van der Waals surface area contributed by atoms with Crippen molar-refractivity contribution < 1.29 is 27.2 Å². The molecule has 33 heavy (non-hydrogen) atoms. The summed E-state index contributed by atoms with van der Waals surface area (Å²) >= 11 is 1.51. The lowest BCUT2D eigenvalue weighted by molar-refractivity contribution is -0.136. The van der Waals surface area contributed by atoms with Gasteiger partial charge in [0.25, 0.3) is 5.91 Å². The van der Waals surface area contributed by atoms with Crippen molar-refractivity contribution >= 4 is 34.6 Å². The van der Waals surface area contributed by atoms with Gasteiger partial charge >= 0.3 is 12.2 Å². The summed E-state index contributed by atoms with van der Waals surface area (Å²) in [6, 6.07) is 8.93. The van der Waals surface area contributed by atoms with Crippen molar-refractivity contribution in [2.45, 2.75) is 37.9 Å². The molecule has 0 bridgehead atoms. The highest BCUT2D eigenvalue weighted by Crippen LogP contribution is 2.39. The molecule has 2 aromatic heterocycles. The number of halogens is 3. The first-order chi connectivity index (χ1) is 15.8. The van der Waals surface area contributed by atoms with Crippen LogP contribution in [0.15, 0.2) is 58.5 Å². The predicted molar refractivity (Wildman–Crippen MR) is 119 cm³/mol. The average molecular weight is 478 g/mol. The summed E-state index contributed by atoms with van der Waals surface area (Å²) in [5.41, 5.74) is -1.53. The van der Waals surface area contributed by atoms with Crippen molar-refractivity contribution in [3.63, 3.8) is 0 Å². The van der Waals surface area contributed by atoms with E-state index >= 15 is 0 Å². The van der Waals surface area contributed by atoms with Gasteiger partial charge in [0.05, 0.1) is 23.6 Å². The molecule has 1 aromatic carbocycles. The second-order valence-electron chi connectivity index (χ2n) is 7.83. The van der Waals surface area contributed by atoms with Gasteiger partial charge in [0.15, 0.2) is 5.76 Å². The van der Waals surface area contributed by atoms with E-state index in [1.165, 1.54) is 35.8 Å². The third-order valence-electron chi connectivity index (χ3n) is 5.58. The molecular weight excluding hydrogens is 455 g/mol. The van der Waals surface area contributed by atoms with E-state index in [-0.39, 0.29) is 23.4 Å². The monoisotopic (exact) mass is 477 g/mol. The first kappa shape index (κ1) is 22.9. The van der Waals surface area contributed by atoms with Crippen molar-refractivity contribution in [3.05, 3.63) is 70.3 Å². The molecule has 3 aromatic rings. The van der Waals surface area contributed by atoms with Crippen LogP contribution in [0.2, 0.25) is 0 Å². The SMILES string of the molecule is O=C(Nc1ccc(NC(=O)c2ccco2)cc1C(F)(F)F)NC(c1cccs1)C1CCCC1. The maximum atomic E-state index is 13.7.